The molecule has 9 nitrogen and oxygen atoms in total. The second-order valence-electron chi connectivity index (χ2n) is 3.92. The zero-order valence-corrected chi connectivity index (χ0v) is 11.1. The molecule has 3 heterocycles. The van der Waals surface area contributed by atoms with E-state index in [2.05, 4.69) is 25.6 Å². The van der Waals surface area contributed by atoms with Crippen molar-refractivity contribution in [3.05, 3.63) is 33.9 Å². The van der Waals surface area contributed by atoms with E-state index in [4.69, 9.17) is 5.26 Å². The van der Waals surface area contributed by atoms with Crippen LogP contribution in [0, 0.1) is 11.3 Å². The monoisotopic (exact) mass is 288 g/mol. The summed E-state index contributed by atoms with van der Waals surface area (Å²) >= 11 is 1.36. The molecule has 20 heavy (non-hydrogen) atoms. The highest BCUT2D eigenvalue weighted by atomic mass is 32.2. The molecule has 0 unspecified atom stereocenters. The van der Waals surface area contributed by atoms with E-state index in [9.17, 15) is 4.79 Å². The van der Waals surface area contributed by atoms with Gasteiger partial charge in [-0.1, -0.05) is 11.8 Å². The molecule has 0 amide bonds. The van der Waals surface area contributed by atoms with Gasteiger partial charge in [-0.05, 0) is 10.4 Å². The number of tetrazole rings is 1. The van der Waals surface area contributed by atoms with Crippen molar-refractivity contribution >= 4 is 17.4 Å². The van der Waals surface area contributed by atoms with Crippen molar-refractivity contribution in [1.29, 1.82) is 5.26 Å². The van der Waals surface area contributed by atoms with Crippen LogP contribution in [0.5, 0.6) is 0 Å². The molecule has 0 aliphatic carbocycles. The summed E-state index contributed by atoms with van der Waals surface area (Å²) in [6.07, 6.45) is 1.45. The Kier molecular flexibility index (Phi) is 2.96. The largest absolute Gasteiger partial charge is 0.295 e. The van der Waals surface area contributed by atoms with Crippen molar-refractivity contribution in [2.45, 2.75) is 10.9 Å². The van der Waals surface area contributed by atoms with Crippen molar-refractivity contribution in [3.8, 4) is 6.07 Å². The number of H-pyrrole nitrogens is 1. The van der Waals surface area contributed by atoms with Crippen LogP contribution in [0.3, 0.4) is 0 Å². The minimum absolute atomic E-state index is 0.261. The van der Waals surface area contributed by atoms with Gasteiger partial charge in [0.15, 0.2) is 5.65 Å². The molecule has 0 bridgehead atoms. The Hall–Kier alpha value is -2.67. The minimum Gasteiger partial charge on any atom is -0.295 e. The van der Waals surface area contributed by atoms with Crippen LogP contribution in [-0.2, 0) is 12.8 Å². The van der Waals surface area contributed by atoms with E-state index in [-0.39, 0.29) is 5.56 Å². The van der Waals surface area contributed by atoms with E-state index in [1.54, 1.807) is 7.05 Å². The normalized spacial score (nSPS) is 10.8. The lowest BCUT2D eigenvalue weighted by atomic mass is 10.3. The number of aryl methyl sites for hydroxylation is 1. The minimum atomic E-state index is -0.261. The highest BCUT2D eigenvalue weighted by Crippen LogP contribution is 2.18. The fraction of sp³-hybridized carbons (Fsp3) is 0.200. The van der Waals surface area contributed by atoms with E-state index in [1.807, 2.05) is 6.07 Å². The summed E-state index contributed by atoms with van der Waals surface area (Å²) in [7, 11) is 1.73. The van der Waals surface area contributed by atoms with Crippen molar-refractivity contribution in [2.75, 3.05) is 0 Å². The summed E-state index contributed by atoms with van der Waals surface area (Å²) in [5, 5.41) is 23.4. The molecular formula is C10H8N8OS. The standard InChI is InChI=1S/C10H8N8OS/c1-17-10(14-15-16-17)20-5-7-2-8(19)18-9(13-7)6(3-11)4-12-18/h2,4,12H,5H2,1H3. The summed E-state index contributed by atoms with van der Waals surface area (Å²) in [5.41, 5.74) is 0.961. The Labute approximate surface area is 116 Å². The third kappa shape index (κ3) is 2.04. The predicted octanol–water partition coefficient (Wildman–Crippen LogP) is -0.290. The van der Waals surface area contributed by atoms with Crippen molar-refractivity contribution in [1.82, 2.24) is 34.8 Å². The molecule has 3 aromatic rings. The van der Waals surface area contributed by atoms with Gasteiger partial charge in [0.25, 0.3) is 5.56 Å². The molecule has 0 aliphatic heterocycles. The van der Waals surface area contributed by atoms with Gasteiger partial charge >= 0.3 is 0 Å². The molecular weight excluding hydrogens is 280 g/mol. The third-order valence-corrected chi connectivity index (χ3v) is 3.65. The molecule has 0 saturated carbocycles. The summed E-state index contributed by atoms with van der Waals surface area (Å²) in [4.78, 5) is 16.2. The highest BCUT2D eigenvalue weighted by molar-refractivity contribution is 7.98. The summed E-state index contributed by atoms with van der Waals surface area (Å²) in [6.45, 7) is 0. The first kappa shape index (κ1) is 12.4. The maximum absolute atomic E-state index is 11.9. The van der Waals surface area contributed by atoms with Gasteiger partial charge < -0.3 is 0 Å². The molecule has 0 aromatic carbocycles. The fourth-order valence-electron chi connectivity index (χ4n) is 1.67. The number of aromatic amines is 1. The molecule has 0 radical (unpaired) electrons. The van der Waals surface area contributed by atoms with Crippen LogP contribution in [0.1, 0.15) is 11.3 Å². The molecule has 0 fully saturated rings. The lowest BCUT2D eigenvalue weighted by Gasteiger charge is -2.00. The van der Waals surface area contributed by atoms with Crippen LogP contribution in [0.4, 0.5) is 0 Å². The smallest absolute Gasteiger partial charge is 0.272 e. The Bertz CT molecular complexity index is 869. The number of nitriles is 1. The van der Waals surface area contributed by atoms with Crippen LogP contribution in [0.25, 0.3) is 5.65 Å². The summed E-state index contributed by atoms with van der Waals surface area (Å²) in [6, 6.07) is 3.40. The number of rotatable bonds is 3. The Morgan fingerprint density at radius 1 is 1.55 bits per heavy atom. The second kappa shape index (κ2) is 4.78. The van der Waals surface area contributed by atoms with Gasteiger partial charge in [-0.15, -0.1) is 5.10 Å². The molecule has 0 aliphatic rings. The SMILES string of the molecule is Cn1nnnc1SCc1cc(=O)n2[nH]cc(C#N)c2n1. The fourth-order valence-corrected chi connectivity index (χ4v) is 2.41. The molecule has 0 spiro atoms. The first-order valence-electron chi connectivity index (χ1n) is 5.54. The van der Waals surface area contributed by atoms with Crippen LogP contribution in [-0.4, -0.2) is 34.8 Å². The average Bonchev–Trinajstić information content (AvgIpc) is 3.02. The number of aromatic nitrogens is 7. The lowest BCUT2D eigenvalue weighted by molar-refractivity contribution is 0.664. The van der Waals surface area contributed by atoms with Gasteiger partial charge in [-0.3, -0.25) is 9.89 Å². The number of fused-ring (bicyclic) bond motifs is 1. The number of nitrogens with one attached hydrogen (secondary N) is 1. The van der Waals surface area contributed by atoms with E-state index in [0.29, 0.717) is 27.8 Å². The van der Waals surface area contributed by atoms with Gasteiger partial charge in [0, 0.05) is 25.1 Å². The first-order chi connectivity index (χ1) is 9.69. The third-order valence-electron chi connectivity index (χ3n) is 2.60. The lowest BCUT2D eigenvalue weighted by Crippen LogP contribution is -2.15. The maximum atomic E-state index is 11.9. The number of hydrogen-bond donors (Lipinski definition) is 1. The molecule has 10 heteroatoms. The van der Waals surface area contributed by atoms with Crippen LogP contribution >= 0.6 is 11.8 Å². The zero-order chi connectivity index (χ0) is 14.1. The van der Waals surface area contributed by atoms with Crippen LogP contribution < -0.4 is 5.56 Å². The van der Waals surface area contributed by atoms with Gasteiger partial charge in [0.05, 0.1) is 5.69 Å². The molecule has 3 rings (SSSR count). The molecule has 0 saturated heterocycles. The van der Waals surface area contributed by atoms with Gasteiger partial charge in [-0.25, -0.2) is 14.2 Å². The van der Waals surface area contributed by atoms with Gasteiger partial charge in [-0.2, -0.15) is 5.26 Å². The second-order valence-corrected chi connectivity index (χ2v) is 4.86. The van der Waals surface area contributed by atoms with Crippen molar-refractivity contribution in [2.24, 2.45) is 7.05 Å². The quantitative estimate of drug-likeness (QED) is 0.658. The van der Waals surface area contributed by atoms with Gasteiger partial charge in [0.2, 0.25) is 5.16 Å². The number of nitrogens with zero attached hydrogens (tertiary/aromatic N) is 7. The van der Waals surface area contributed by atoms with E-state index >= 15 is 0 Å². The Morgan fingerprint density at radius 2 is 2.40 bits per heavy atom. The van der Waals surface area contributed by atoms with Crippen molar-refractivity contribution in [3.63, 3.8) is 0 Å². The van der Waals surface area contributed by atoms with Crippen LogP contribution in [0.15, 0.2) is 22.2 Å². The molecule has 1 N–H and O–H groups in total. The number of thioether (sulfide) groups is 1. The predicted molar refractivity (Wildman–Crippen MR) is 68.9 cm³/mol. The molecule has 0 atom stereocenters. The van der Waals surface area contributed by atoms with E-state index in [0.717, 1.165) is 0 Å². The van der Waals surface area contributed by atoms with Crippen molar-refractivity contribution < 1.29 is 0 Å². The maximum Gasteiger partial charge on any atom is 0.272 e. The summed E-state index contributed by atoms with van der Waals surface area (Å²) in [5.74, 6) is 0.440. The highest BCUT2D eigenvalue weighted by Gasteiger charge is 2.10. The average molecular weight is 288 g/mol. The van der Waals surface area contributed by atoms with Gasteiger partial charge in [0.1, 0.15) is 11.6 Å². The topological polar surface area (TPSA) is 118 Å². The Balaban J connectivity index is 1.94. The molecule has 3 aromatic heterocycles. The van der Waals surface area contributed by atoms with Crippen LogP contribution in [0.2, 0.25) is 0 Å². The number of hydrogen-bond acceptors (Lipinski definition) is 7. The first-order valence-corrected chi connectivity index (χ1v) is 6.53. The summed E-state index contributed by atoms with van der Waals surface area (Å²) < 4.78 is 2.77. The molecule has 100 valence electrons. The van der Waals surface area contributed by atoms with E-state index < -0.39 is 0 Å². The van der Waals surface area contributed by atoms with E-state index in [1.165, 1.54) is 33.2 Å². The zero-order valence-electron chi connectivity index (χ0n) is 10.3. The Morgan fingerprint density at radius 3 is 3.10 bits per heavy atom.